The summed E-state index contributed by atoms with van der Waals surface area (Å²) in [7, 11) is 1.56. The molecule has 1 unspecified atom stereocenters. The molecule has 0 heterocycles. The van der Waals surface area contributed by atoms with E-state index in [1.165, 1.54) is 4.90 Å². The highest BCUT2D eigenvalue weighted by Gasteiger charge is 2.35. The SMILES string of the molecule is CNC(C)(C#N)CN(CC(F)(F)F)C(C)C. The number of nitrogens with one attached hydrogen (secondary N) is 1. The molecule has 0 rings (SSSR count). The number of halogens is 3. The Morgan fingerprint density at radius 1 is 1.31 bits per heavy atom. The lowest BCUT2D eigenvalue weighted by Crippen LogP contribution is -2.52. The maximum absolute atomic E-state index is 12.3. The minimum Gasteiger partial charge on any atom is -0.302 e. The van der Waals surface area contributed by atoms with Crippen LogP contribution in [-0.4, -0.2) is 42.8 Å². The topological polar surface area (TPSA) is 39.1 Å². The van der Waals surface area contributed by atoms with E-state index in [0.29, 0.717) is 0 Å². The molecular formula is C10H18F3N3. The smallest absolute Gasteiger partial charge is 0.302 e. The second-order valence-electron chi connectivity index (χ2n) is 4.31. The van der Waals surface area contributed by atoms with Gasteiger partial charge in [0.15, 0.2) is 0 Å². The fraction of sp³-hybridized carbons (Fsp3) is 0.900. The molecule has 3 nitrogen and oxygen atoms in total. The van der Waals surface area contributed by atoms with Gasteiger partial charge in [-0.25, -0.2) is 0 Å². The zero-order chi connectivity index (χ0) is 13.0. The van der Waals surface area contributed by atoms with Gasteiger partial charge in [0.05, 0.1) is 12.6 Å². The summed E-state index contributed by atoms with van der Waals surface area (Å²) >= 11 is 0. The van der Waals surface area contributed by atoms with Gasteiger partial charge in [-0.1, -0.05) is 0 Å². The quantitative estimate of drug-likeness (QED) is 0.792. The number of alkyl halides is 3. The van der Waals surface area contributed by atoms with Crippen LogP contribution in [0.2, 0.25) is 0 Å². The molecule has 6 heteroatoms. The summed E-state index contributed by atoms with van der Waals surface area (Å²) in [5.41, 5.74) is -0.963. The van der Waals surface area contributed by atoms with Crippen molar-refractivity contribution in [3.05, 3.63) is 0 Å². The molecule has 0 saturated heterocycles. The molecule has 0 spiro atoms. The molecule has 0 aliphatic heterocycles. The minimum absolute atomic E-state index is 0.0389. The average molecular weight is 237 g/mol. The molecule has 0 aliphatic carbocycles. The van der Waals surface area contributed by atoms with Crippen LogP contribution in [0.3, 0.4) is 0 Å². The van der Waals surface area contributed by atoms with Crippen LogP contribution in [0.15, 0.2) is 0 Å². The third kappa shape index (κ3) is 5.33. The molecule has 1 N–H and O–H groups in total. The zero-order valence-electron chi connectivity index (χ0n) is 10.0. The van der Waals surface area contributed by atoms with Crippen LogP contribution in [-0.2, 0) is 0 Å². The maximum atomic E-state index is 12.3. The number of hydrogen-bond donors (Lipinski definition) is 1. The van der Waals surface area contributed by atoms with Gasteiger partial charge in [0, 0.05) is 12.6 Å². The van der Waals surface area contributed by atoms with Gasteiger partial charge < -0.3 is 5.32 Å². The Kier molecular flexibility index (Phi) is 5.23. The lowest BCUT2D eigenvalue weighted by Gasteiger charge is -2.33. The summed E-state index contributed by atoms with van der Waals surface area (Å²) in [5.74, 6) is 0. The van der Waals surface area contributed by atoms with Crippen LogP contribution in [0, 0.1) is 11.3 Å². The Hall–Kier alpha value is -0.800. The van der Waals surface area contributed by atoms with Gasteiger partial charge in [-0.3, -0.25) is 4.90 Å². The third-order valence-corrected chi connectivity index (χ3v) is 2.43. The van der Waals surface area contributed by atoms with E-state index in [1.54, 1.807) is 27.8 Å². The summed E-state index contributed by atoms with van der Waals surface area (Å²) in [6.07, 6.45) is -4.24. The van der Waals surface area contributed by atoms with Crippen LogP contribution in [0.25, 0.3) is 0 Å². The minimum atomic E-state index is -4.24. The molecule has 0 saturated carbocycles. The molecular weight excluding hydrogens is 219 g/mol. The number of likely N-dealkylation sites (N-methyl/N-ethyl adjacent to an activating group) is 1. The first-order valence-electron chi connectivity index (χ1n) is 5.04. The highest BCUT2D eigenvalue weighted by molar-refractivity contribution is 5.05. The molecule has 94 valence electrons. The molecule has 1 atom stereocenters. The summed E-state index contributed by atoms with van der Waals surface area (Å²) in [4.78, 5) is 1.24. The fourth-order valence-electron chi connectivity index (χ4n) is 1.23. The molecule has 16 heavy (non-hydrogen) atoms. The summed E-state index contributed by atoms with van der Waals surface area (Å²) < 4.78 is 36.9. The van der Waals surface area contributed by atoms with Gasteiger partial charge in [-0.2, -0.15) is 18.4 Å². The first-order valence-corrected chi connectivity index (χ1v) is 5.04. The highest BCUT2D eigenvalue weighted by Crippen LogP contribution is 2.19. The average Bonchev–Trinajstić information content (AvgIpc) is 2.14. The monoisotopic (exact) mass is 237 g/mol. The van der Waals surface area contributed by atoms with Gasteiger partial charge in [0.25, 0.3) is 0 Å². The van der Waals surface area contributed by atoms with Gasteiger partial charge in [-0.15, -0.1) is 0 Å². The first-order chi connectivity index (χ1) is 7.13. The van der Waals surface area contributed by atoms with Crippen molar-refractivity contribution in [2.45, 2.75) is 38.5 Å². The van der Waals surface area contributed by atoms with Crippen LogP contribution >= 0.6 is 0 Å². The lowest BCUT2D eigenvalue weighted by atomic mass is 10.0. The van der Waals surface area contributed by atoms with Crippen molar-refractivity contribution in [1.29, 1.82) is 5.26 Å². The predicted octanol–water partition coefficient (Wildman–Crippen LogP) is 1.76. The third-order valence-electron chi connectivity index (χ3n) is 2.43. The van der Waals surface area contributed by atoms with Crippen molar-refractivity contribution in [3.8, 4) is 6.07 Å². The van der Waals surface area contributed by atoms with Crippen LogP contribution in [0.5, 0.6) is 0 Å². The van der Waals surface area contributed by atoms with Gasteiger partial charge in [0.1, 0.15) is 5.54 Å². The Morgan fingerprint density at radius 2 is 1.81 bits per heavy atom. The van der Waals surface area contributed by atoms with E-state index in [2.05, 4.69) is 5.32 Å². The molecule has 0 radical (unpaired) electrons. The first kappa shape index (κ1) is 15.2. The van der Waals surface area contributed by atoms with E-state index >= 15 is 0 Å². The molecule has 0 amide bonds. The second-order valence-corrected chi connectivity index (χ2v) is 4.31. The number of rotatable bonds is 5. The van der Waals surface area contributed by atoms with Crippen molar-refractivity contribution >= 4 is 0 Å². The van der Waals surface area contributed by atoms with E-state index in [1.807, 2.05) is 6.07 Å². The number of hydrogen-bond acceptors (Lipinski definition) is 3. The van der Waals surface area contributed by atoms with Gasteiger partial charge in [0.2, 0.25) is 0 Å². The van der Waals surface area contributed by atoms with E-state index in [4.69, 9.17) is 5.26 Å². The highest BCUT2D eigenvalue weighted by atomic mass is 19.4. The molecule has 0 aromatic heterocycles. The van der Waals surface area contributed by atoms with Crippen LogP contribution in [0.4, 0.5) is 13.2 Å². The van der Waals surface area contributed by atoms with Gasteiger partial charge in [-0.05, 0) is 27.8 Å². The molecule has 0 aromatic rings. The fourth-order valence-corrected chi connectivity index (χ4v) is 1.23. The van der Waals surface area contributed by atoms with Crippen molar-refractivity contribution < 1.29 is 13.2 Å². The second kappa shape index (κ2) is 5.51. The Bertz CT molecular complexity index is 257. The zero-order valence-corrected chi connectivity index (χ0v) is 10.0. The number of nitriles is 1. The number of nitrogens with zero attached hydrogens (tertiary/aromatic N) is 2. The Labute approximate surface area is 94.2 Å². The van der Waals surface area contributed by atoms with Crippen LogP contribution in [0.1, 0.15) is 20.8 Å². The Morgan fingerprint density at radius 3 is 2.06 bits per heavy atom. The van der Waals surface area contributed by atoms with Crippen molar-refractivity contribution in [1.82, 2.24) is 10.2 Å². The van der Waals surface area contributed by atoms with E-state index in [-0.39, 0.29) is 12.6 Å². The molecule has 0 aliphatic rings. The van der Waals surface area contributed by atoms with E-state index in [9.17, 15) is 13.2 Å². The molecule has 0 aromatic carbocycles. The molecule has 0 bridgehead atoms. The molecule has 0 fully saturated rings. The van der Waals surface area contributed by atoms with Crippen molar-refractivity contribution in [2.24, 2.45) is 0 Å². The summed E-state index contributed by atoms with van der Waals surface area (Å²) in [6, 6.07) is 1.72. The van der Waals surface area contributed by atoms with E-state index in [0.717, 1.165) is 0 Å². The standard InChI is InChI=1S/C10H18F3N3/c1-8(2)16(7-10(11,12)13)6-9(3,5-14)15-4/h8,15H,6-7H2,1-4H3. The van der Waals surface area contributed by atoms with Crippen molar-refractivity contribution in [3.63, 3.8) is 0 Å². The Balaban J connectivity index is 4.65. The lowest BCUT2D eigenvalue weighted by molar-refractivity contribution is -0.150. The predicted molar refractivity (Wildman–Crippen MR) is 55.8 cm³/mol. The summed E-state index contributed by atoms with van der Waals surface area (Å²) in [6.45, 7) is 3.98. The van der Waals surface area contributed by atoms with Crippen LogP contribution < -0.4 is 5.32 Å². The van der Waals surface area contributed by atoms with Crippen molar-refractivity contribution in [2.75, 3.05) is 20.1 Å². The van der Waals surface area contributed by atoms with E-state index < -0.39 is 18.3 Å². The maximum Gasteiger partial charge on any atom is 0.401 e. The van der Waals surface area contributed by atoms with Gasteiger partial charge >= 0.3 is 6.18 Å². The normalized spacial score (nSPS) is 16.2. The largest absolute Gasteiger partial charge is 0.401 e. The summed E-state index contributed by atoms with van der Waals surface area (Å²) in [5, 5.41) is 11.6.